The second-order valence-electron chi connectivity index (χ2n) is 8.78. The summed E-state index contributed by atoms with van der Waals surface area (Å²) in [6, 6.07) is 8.68. The minimum atomic E-state index is 0.0901. The van der Waals surface area contributed by atoms with Crippen molar-refractivity contribution in [1.29, 1.82) is 0 Å². The number of benzene rings is 1. The molecule has 3 aliphatic rings. The van der Waals surface area contributed by atoms with Crippen LogP contribution in [0.25, 0.3) is 0 Å². The van der Waals surface area contributed by atoms with Crippen LogP contribution < -0.4 is 10.1 Å². The maximum absolute atomic E-state index is 5.70. The van der Waals surface area contributed by atoms with Crippen molar-refractivity contribution in [3.8, 4) is 5.75 Å². The summed E-state index contributed by atoms with van der Waals surface area (Å²) < 4.78 is 11.3. The minimum absolute atomic E-state index is 0.0901. The first-order valence-electron chi connectivity index (χ1n) is 11.0. The number of ether oxygens (including phenoxy) is 2. The zero-order valence-electron chi connectivity index (χ0n) is 17.5. The summed E-state index contributed by atoms with van der Waals surface area (Å²) in [4.78, 5) is 7.10. The average molecular weight is 386 g/mol. The molecular formula is C23H35N3O2. The first-order chi connectivity index (χ1) is 13.7. The van der Waals surface area contributed by atoms with Crippen molar-refractivity contribution in [2.24, 2.45) is 10.4 Å². The standard InChI is InChI=1S/C23H35N3O2/c1-3-28-20-7-5-19(6-8-20)23(12-15-27-16-13-23)17-25-21(24-2)26-14-11-22(18-26)9-4-10-22/h5-8H,3-4,9-18H2,1-2H3,(H,24,25). The molecule has 2 saturated heterocycles. The fourth-order valence-corrected chi connectivity index (χ4v) is 5.18. The van der Waals surface area contributed by atoms with Gasteiger partial charge in [-0.3, -0.25) is 4.99 Å². The monoisotopic (exact) mass is 385 g/mol. The Morgan fingerprint density at radius 2 is 1.89 bits per heavy atom. The number of nitrogens with one attached hydrogen (secondary N) is 1. The number of rotatable bonds is 5. The normalized spacial score (nSPS) is 23.5. The molecule has 3 fully saturated rings. The van der Waals surface area contributed by atoms with Crippen LogP contribution in [0.15, 0.2) is 29.3 Å². The lowest BCUT2D eigenvalue weighted by atomic mass is 9.68. The van der Waals surface area contributed by atoms with Crippen LogP contribution in [0.3, 0.4) is 0 Å². The Labute approximate surface area is 169 Å². The highest BCUT2D eigenvalue weighted by Gasteiger charge is 2.44. The molecule has 1 aromatic carbocycles. The van der Waals surface area contributed by atoms with Gasteiger partial charge < -0.3 is 19.7 Å². The summed E-state index contributed by atoms with van der Waals surface area (Å²) in [5.41, 5.74) is 2.05. The lowest BCUT2D eigenvalue weighted by Gasteiger charge is -2.40. The molecular weight excluding hydrogens is 350 g/mol. The van der Waals surface area contributed by atoms with E-state index < -0.39 is 0 Å². The molecule has 0 radical (unpaired) electrons. The maximum Gasteiger partial charge on any atom is 0.193 e. The molecule has 0 unspecified atom stereocenters. The Morgan fingerprint density at radius 1 is 1.14 bits per heavy atom. The maximum atomic E-state index is 5.70. The molecule has 1 N–H and O–H groups in total. The Hall–Kier alpha value is -1.75. The highest BCUT2D eigenvalue weighted by Crippen LogP contribution is 2.48. The van der Waals surface area contributed by atoms with E-state index in [4.69, 9.17) is 9.47 Å². The van der Waals surface area contributed by atoms with Crippen LogP contribution in [0.4, 0.5) is 0 Å². The largest absolute Gasteiger partial charge is 0.494 e. The summed E-state index contributed by atoms with van der Waals surface area (Å²) in [7, 11) is 1.92. The molecule has 2 heterocycles. The molecule has 4 rings (SSSR count). The van der Waals surface area contributed by atoms with Crippen LogP contribution in [0.2, 0.25) is 0 Å². The van der Waals surface area contributed by atoms with E-state index in [1.165, 1.54) is 37.8 Å². The van der Waals surface area contributed by atoms with Gasteiger partial charge in [0.05, 0.1) is 6.61 Å². The summed E-state index contributed by atoms with van der Waals surface area (Å²) >= 11 is 0. The highest BCUT2D eigenvalue weighted by atomic mass is 16.5. The van der Waals surface area contributed by atoms with Crippen molar-refractivity contribution < 1.29 is 9.47 Å². The molecule has 1 saturated carbocycles. The second-order valence-corrected chi connectivity index (χ2v) is 8.78. The fourth-order valence-electron chi connectivity index (χ4n) is 5.18. The molecule has 2 aliphatic heterocycles. The van der Waals surface area contributed by atoms with Gasteiger partial charge in [-0.1, -0.05) is 18.6 Å². The first kappa shape index (κ1) is 19.6. The number of aliphatic imine (C=N–C) groups is 1. The van der Waals surface area contributed by atoms with Crippen molar-refractivity contribution >= 4 is 5.96 Å². The van der Waals surface area contributed by atoms with Gasteiger partial charge in [0.1, 0.15) is 5.75 Å². The summed E-state index contributed by atoms with van der Waals surface area (Å²) in [6.45, 7) is 7.58. The molecule has 0 atom stereocenters. The molecule has 5 heteroatoms. The van der Waals surface area contributed by atoms with E-state index in [-0.39, 0.29) is 5.41 Å². The van der Waals surface area contributed by atoms with E-state index in [9.17, 15) is 0 Å². The average Bonchev–Trinajstić information content (AvgIpc) is 3.16. The van der Waals surface area contributed by atoms with Crippen molar-refractivity contribution in [3.63, 3.8) is 0 Å². The van der Waals surface area contributed by atoms with Gasteiger partial charge in [0.25, 0.3) is 0 Å². The summed E-state index contributed by atoms with van der Waals surface area (Å²) in [5.74, 6) is 2.01. The van der Waals surface area contributed by atoms with Gasteiger partial charge in [0, 0.05) is 45.3 Å². The second kappa shape index (κ2) is 8.32. The van der Waals surface area contributed by atoms with E-state index >= 15 is 0 Å². The third-order valence-corrected chi connectivity index (χ3v) is 7.18. The van der Waals surface area contributed by atoms with Crippen LogP contribution in [0, 0.1) is 5.41 Å². The lowest BCUT2D eigenvalue weighted by molar-refractivity contribution is 0.0511. The van der Waals surface area contributed by atoms with Crippen LogP contribution in [0.5, 0.6) is 5.75 Å². The van der Waals surface area contributed by atoms with E-state index in [1.807, 2.05) is 14.0 Å². The molecule has 1 aliphatic carbocycles. The molecule has 0 aromatic heterocycles. The first-order valence-corrected chi connectivity index (χ1v) is 11.0. The van der Waals surface area contributed by atoms with Gasteiger partial charge >= 0.3 is 0 Å². The zero-order chi connectivity index (χ0) is 19.5. The Morgan fingerprint density at radius 3 is 2.46 bits per heavy atom. The Bertz CT molecular complexity index is 676. The number of guanidine groups is 1. The molecule has 5 nitrogen and oxygen atoms in total. The lowest BCUT2D eigenvalue weighted by Crippen LogP contribution is -2.49. The summed E-state index contributed by atoms with van der Waals surface area (Å²) in [5, 5.41) is 3.74. The molecule has 154 valence electrons. The predicted octanol–water partition coefficient (Wildman–Crippen LogP) is 3.58. The van der Waals surface area contributed by atoms with E-state index in [2.05, 4.69) is 39.5 Å². The van der Waals surface area contributed by atoms with Crippen molar-refractivity contribution in [2.45, 2.75) is 50.9 Å². The van der Waals surface area contributed by atoms with E-state index in [0.29, 0.717) is 12.0 Å². The van der Waals surface area contributed by atoms with Crippen LogP contribution >= 0.6 is 0 Å². The fraction of sp³-hybridized carbons (Fsp3) is 0.696. The molecule has 0 amide bonds. The number of hydrogen-bond acceptors (Lipinski definition) is 3. The quantitative estimate of drug-likeness (QED) is 0.622. The van der Waals surface area contributed by atoms with Gasteiger partial charge in [0.15, 0.2) is 5.96 Å². The van der Waals surface area contributed by atoms with Gasteiger partial charge in [0.2, 0.25) is 0 Å². The molecule has 1 aromatic rings. The molecule has 1 spiro atoms. The van der Waals surface area contributed by atoms with Gasteiger partial charge in [-0.05, 0) is 62.1 Å². The van der Waals surface area contributed by atoms with Crippen molar-refractivity contribution in [1.82, 2.24) is 10.2 Å². The van der Waals surface area contributed by atoms with Crippen molar-refractivity contribution in [2.75, 3.05) is 46.5 Å². The third kappa shape index (κ3) is 3.86. The third-order valence-electron chi connectivity index (χ3n) is 7.18. The Kier molecular flexibility index (Phi) is 5.81. The predicted molar refractivity (Wildman–Crippen MR) is 113 cm³/mol. The van der Waals surface area contributed by atoms with E-state index in [0.717, 1.165) is 50.9 Å². The smallest absolute Gasteiger partial charge is 0.193 e. The minimum Gasteiger partial charge on any atom is -0.494 e. The van der Waals surface area contributed by atoms with Crippen LogP contribution in [-0.2, 0) is 10.2 Å². The van der Waals surface area contributed by atoms with Gasteiger partial charge in [-0.15, -0.1) is 0 Å². The van der Waals surface area contributed by atoms with Crippen LogP contribution in [0.1, 0.15) is 51.0 Å². The topological polar surface area (TPSA) is 46.1 Å². The van der Waals surface area contributed by atoms with Gasteiger partial charge in [-0.2, -0.15) is 0 Å². The molecule has 28 heavy (non-hydrogen) atoms. The highest BCUT2D eigenvalue weighted by molar-refractivity contribution is 5.80. The van der Waals surface area contributed by atoms with E-state index in [1.54, 1.807) is 0 Å². The SMILES string of the molecule is CCOc1ccc(C2(CNC(=NC)N3CCC4(CCC4)C3)CCOCC2)cc1. The number of nitrogens with zero attached hydrogens (tertiary/aromatic N) is 2. The molecule has 0 bridgehead atoms. The Balaban J connectivity index is 1.45. The number of likely N-dealkylation sites (tertiary alicyclic amines) is 1. The van der Waals surface area contributed by atoms with Gasteiger partial charge in [-0.25, -0.2) is 0 Å². The van der Waals surface area contributed by atoms with Crippen molar-refractivity contribution in [3.05, 3.63) is 29.8 Å². The zero-order valence-corrected chi connectivity index (χ0v) is 17.5. The summed E-state index contributed by atoms with van der Waals surface area (Å²) in [6.07, 6.45) is 7.60. The van der Waals surface area contributed by atoms with Crippen LogP contribution in [-0.4, -0.2) is 57.4 Å². The number of hydrogen-bond donors (Lipinski definition) is 1.